The maximum Gasteiger partial charge on any atom is 0.256 e. The van der Waals surface area contributed by atoms with E-state index >= 15 is 0 Å². The van der Waals surface area contributed by atoms with Gasteiger partial charge in [-0.25, -0.2) is 0 Å². The molecule has 4 rings (SSSR count). The van der Waals surface area contributed by atoms with E-state index < -0.39 is 0 Å². The number of nitrogens with one attached hydrogen (secondary N) is 1. The summed E-state index contributed by atoms with van der Waals surface area (Å²) in [6, 6.07) is 21.1. The van der Waals surface area contributed by atoms with Gasteiger partial charge < -0.3 is 10.1 Å². The van der Waals surface area contributed by atoms with Crippen molar-refractivity contribution in [2.45, 2.75) is 6.61 Å². The minimum absolute atomic E-state index is 0.108. The standard InChI is InChI=1S/C22H15BrClNO2/c23-16-8-5-14(6-9-16)13-27-21-10-7-15(12-19(21)24)11-18-17-3-1-2-4-20(17)25-22(18)26/h1-12H,13H2,(H,25,26). The molecule has 1 amide bonds. The molecule has 0 aromatic heterocycles. The van der Waals surface area contributed by atoms with E-state index in [9.17, 15) is 4.79 Å². The minimum Gasteiger partial charge on any atom is -0.487 e. The molecule has 0 atom stereocenters. The summed E-state index contributed by atoms with van der Waals surface area (Å²) >= 11 is 9.80. The molecule has 27 heavy (non-hydrogen) atoms. The Hall–Kier alpha value is -2.56. The van der Waals surface area contributed by atoms with Gasteiger partial charge in [-0.2, -0.15) is 0 Å². The van der Waals surface area contributed by atoms with Gasteiger partial charge >= 0.3 is 0 Å². The highest BCUT2D eigenvalue weighted by Gasteiger charge is 2.23. The molecule has 3 nitrogen and oxygen atoms in total. The highest BCUT2D eigenvalue weighted by molar-refractivity contribution is 9.10. The van der Waals surface area contributed by atoms with E-state index in [1.807, 2.05) is 66.7 Å². The Morgan fingerprint density at radius 3 is 2.59 bits per heavy atom. The summed E-state index contributed by atoms with van der Waals surface area (Å²) in [5.74, 6) is 0.501. The number of hydrogen-bond acceptors (Lipinski definition) is 2. The topological polar surface area (TPSA) is 38.3 Å². The van der Waals surface area contributed by atoms with Gasteiger partial charge in [-0.1, -0.05) is 63.9 Å². The second-order valence-electron chi connectivity index (χ2n) is 6.16. The number of carbonyl (C=O) groups excluding carboxylic acids is 1. The first kappa shape index (κ1) is 17.8. The van der Waals surface area contributed by atoms with Crippen LogP contribution in [0.1, 0.15) is 16.7 Å². The molecule has 0 fully saturated rings. The van der Waals surface area contributed by atoms with Crippen molar-refractivity contribution in [3.05, 3.63) is 92.9 Å². The fourth-order valence-corrected chi connectivity index (χ4v) is 3.42. The molecule has 0 spiro atoms. The van der Waals surface area contributed by atoms with Crippen LogP contribution in [-0.4, -0.2) is 5.91 Å². The van der Waals surface area contributed by atoms with Crippen molar-refractivity contribution in [1.29, 1.82) is 0 Å². The van der Waals surface area contributed by atoms with E-state index in [2.05, 4.69) is 21.2 Å². The summed E-state index contributed by atoms with van der Waals surface area (Å²) in [4.78, 5) is 12.2. The zero-order valence-corrected chi connectivity index (χ0v) is 16.5. The first-order chi connectivity index (χ1) is 13.1. The second kappa shape index (κ2) is 7.59. The van der Waals surface area contributed by atoms with Crippen LogP contribution in [0.15, 0.2) is 71.2 Å². The van der Waals surface area contributed by atoms with Crippen LogP contribution >= 0.6 is 27.5 Å². The van der Waals surface area contributed by atoms with Gasteiger partial charge in [-0.15, -0.1) is 0 Å². The van der Waals surface area contributed by atoms with Gasteiger partial charge in [0, 0.05) is 21.3 Å². The number of ether oxygens (including phenoxy) is 1. The molecule has 134 valence electrons. The van der Waals surface area contributed by atoms with Crippen LogP contribution in [-0.2, 0) is 11.4 Å². The number of benzene rings is 3. The number of rotatable bonds is 4. The van der Waals surface area contributed by atoms with Crippen LogP contribution in [0.3, 0.4) is 0 Å². The Balaban J connectivity index is 1.53. The van der Waals surface area contributed by atoms with Crippen LogP contribution in [0.2, 0.25) is 5.02 Å². The van der Waals surface area contributed by atoms with Crippen molar-refractivity contribution >= 4 is 50.8 Å². The van der Waals surface area contributed by atoms with Crippen molar-refractivity contribution in [2.75, 3.05) is 5.32 Å². The molecule has 1 aliphatic heterocycles. The average molecular weight is 441 g/mol. The zero-order chi connectivity index (χ0) is 18.8. The lowest BCUT2D eigenvalue weighted by Crippen LogP contribution is -2.03. The molecular formula is C22H15BrClNO2. The van der Waals surface area contributed by atoms with Gasteiger partial charge in [-0.3, -0.25) is 4.79 Å². The van der Waals surface area contributed by atoms with E-state index in [1.54, 1.807) is 6.07 Å². The fraction of sp³-hybridized carbons (Fsp3) is 0.0455. The van der Waals surface area contributed by atoms with Crippen molar-refractivity contribution in [3.63, 3.8) is 0 Å². The summed E-state index contributed by atoms with van der Waals surface area (Å²) in [6.07, 6.45) is 1.84. The lowest BCUT2D eigenvalue weighted by atomic mass is 10.0. The number of amides is 1. The van der Waals surface area contributed by atoms with Gasteiger partial charge in [0.2, 0.25) is 0 Å². The zero-order valence-electron chi connectivity index (χ0n) is 14.2. The van der Waals surface area contributed by atoms with E-state index in [0.29, 0.717) is 23.0 Å². The van der Waals surface area contributed by atoms with Crippen LogP contribution in [0, 0.1) is 0 Å². The molecule has 3 aromatic rings. The Kier molecular flexibility index (Phi) is 5.01. The Bertz CT molecular complexity index is 1040. The average Bonchev–Trinajstić information content (AvgIpc) is 2.98. The SMILES string of the molecule is O=C1Nc2ccccc2C1=Cc1ccc(OCc2ccc(Br)cc2)c(Cl)c1. The van der Waals surface area contributed by atoms with Crippen LogP contribution in [0.4, 0.5) is 5.69 Å². The second-order valence-corrected chi connectivity index (χ2v) is 7.49. The van der Waals surface area contributed by atoms with E-state index in [-0.39, 0.29) is 5.91 Å². The van der Waals surface area contributed by atoms with Crippen LogP contribution < -0.4 is 10.1 Å². The molecule has 0 saturated heterocycles. The molecule has 5 heteroatoms. The van der Waals surface area contributed by atoms with Crippen molar-refractivity contribution in [1.82, 2.24) is 0 Å². The van der Waals surface area contributed by atoms with E-state index in [0.717, 1.165) is 26.9 Å². The number of carbonyl (C=O) groups is 1. The van der Waals surface area contributed by atoms with Crippen molar-refractivity contribution in [2.24, 2.45) is 0 Å². The quantitative estimate of drug-likeness (QED) is 0.492. The summed E-state index contributed by atoms with van der Waals surface area (Å²) in [7, 11) is 0. The first-order valence-corrected chi connectivity index (χ1v) is 9.56. The molecule has 0 radical (unpaired) electrons. The van der Waals surface area contributed by atoms with E-state index in [4.69, 9.17) is 16.3 Å². The summed E-state index contributed by atoms with van der Waals surface area (Å²) in [5.41, 5.74) is 4.26. The number of halogens is 2. The Morgan fingerprint density at radius 1 is 1.04 bits per heavy atom. The number of anilines is 1. The molecular weight excluding hydrogens is 426 g/mol. The summed E-state index contributed by atoms with van der Waals surface area (Å²) < 4.78 is 6.84. The van der Waals surface area contributed by atoms with Crippen molar-refractivity contribution in [3.8, 4) is 5.75 Å². The third kappa shape index (κ3) is 3.92. The normalized spacial score (nSPS) is 14.1. The van der Waals surface area contributed by atoms with Crippen LogP contribution in [0.5, 0.6) is 5.75 Å². The van der Waals surface area contributed by atoms with Crippen LogP contribution in [0.25, 0.3) is 11.6 Å². The largest absolute Gasteiger partial charge is 0.487 e. The molecule has 1 N–H and O–H groups in total. The maximum absolute atomic E-state index is 12.2. The summed E-state index contributed by atoms with van der Waals surface area (Å²) in [6.45, 7) is 0.434. The van der Waals surface area contributed by atoms with Gasteiger partial charge in [0.1, 0.15) is 12.4 Å². The molecule has 0 unspecified atom stereocenters. The molecule has 0 bridgehead atoms. The van der Waals surface area contributed by atoms with Gasteiger partial charge in [0.05, 0.1) is 5.02 Å². The summed E-state index contributed by atoms with van der Waals surface area (Å²) in [5, 5.41) is 3.38. The fourth-order valence-electron chi connectivity index (χ4n) is 2.91. The van der Waals surface area contributed by atoms with E-state index in [1.165, 1.54) is 0 Å². The third-order valence-corrected chi connectivity index (χ3v) is 5.11. The number of para-hydroxylation sites is 1. The van der Waals surface area contributed by atoms with Gasteiger partial charge in [0.25, 0.3) is 5.91 Å². The Labute approximate surface area is 170 Å². The minimum atomic E-state index is -0.108. The number of hydrogen-bond donors (Lipinski definition) is 1. The molecule has 0 aliphatic carbocycles. The third-order valence-electron chi connectivity index (χ3n) is 4.28. The number of fused-ring (bicyclic) bond motifs is 1. The molecule has 0 saturated carbocycles. The smallest absolute Gasteiger partial charge is 0.256 e. The highest BCUT2D eigenvalue weighted by atomic mass is 79.9. The maximum atomic E-state index is 12.2. The monoisotopic (exact) mass is 439 g/mol. The predicted octanol–water partition coefficient (Wildman–Crippen LogP) is 6.17. The lowest BCUT2D eigenvalue weighted by Gasteiger charge is -2.09. The lowest BCUT2D eigenvalue weighted by molar-refractivity contribution is -0.110. The molecule has 1 heterocycles. The highest BCUT2D eigenvalue weighted by Crippen LogP contribution is 2.34. The van der Waals surface area contributed by atoms with Crippen molar-refractivity contribution < 1.29 is 9.53 Å². The van der Waals surface area contributed by atoms with Gasteiger partial charge in [-0.05, 0) is 47.5 Å². The van der Waals surface area contributed by atoms with Gasteiger partial charge in [0.15, 0.2) is 0 Å². The first-order valence-electron chi connectivity index (χ1n) is 8.39. The Morgan fingerprint density at radius 2 is 1.81 bits per heavy atom. The predicted molar refractivity (Wildman–Crippen MR) is 113 cm³/mol. The molecule has 1 aliphatic rings. The molecule has 3 aromatic carbocycles.